The number of Topliss-reactive ketones (excluding diaryl/α,β-unsaturated/α-hetero) is 1. The number of aliphatic hydroxyl groups excluding tert-OH is 1. The fourth-order valence-corrected chi connectivity index (χ4v) is 5.18. The molecule has 7 nitrogen and oxygen atoms in total. The number of carbonyl (C=O) groups excluding carboxylic acids is 3. The minimum absolute atomic E-state index is 0.0100. The van der Waals surface area contributed by atoms with E-state index >= 15 is 0 Å². The molecule has 4 rings (SSSR count). The number of ketones is 1. The Hall–Kier alpha value is -3.30. The predicted molar refractivity (Wildman–Crippen MR) is 118 cm³/mol. The molecule has 1 fully saturated rings. The summed E-state index contributed by atoms with van der Waals surface area (Å²) in [6.07, 6.45) is 0. The summed E-state index contributed by atoms with van der Waals surface area (Å²) in [4.78, 5) is 44.9. The number of benzene rings is 1. The first kappa shape index (κ1) is 21.0. The number of aromatic nitrogens is 1. The molecule has 0 unspecified atom stereocenters. The summed E-state index contributed by atoms with van der Waals surface area (Å²) in [6, 6.07) is 11.4. The molecule has 31 heavy (non-hydrogen) atoms. The molecule has 1 aliphatic heterocycles. The first-order chi connectivity index (χ1) is 14.9. The third-order valence-corrected chi connectivity index (χ3v) is 6.82. The fourth-order valence-electron chi connectivity index (χ4n) is 3.37. The number of aryl methyl sites for hydroxylation is 1. The second-order valence-electron chi connectivity index (χ2n) is 6.68. The van der Waals surface area contributed by atoms with Crippen molar-refractivity contribution in [1.82, 2.24) is 4.98 Å². The first-order valence-electron chi connectivity index (χ1n) is 9.48. The van der Waals surface area contributed by atoms with Crippen LogP contribution in [0.3, 0.4) is 0 Å². The molecule has 1 saturated heterocycles. The number of carbonyl (C=O) groups is 3. The number of anilines is 1. The van der Waals surface area contributed by atoms with Gasteiger partial charge >= 0.3 is 11.9 Å². The highest BCUT2D eigenvalue weighted by molar-refractivity contribution is 7.18. The molecule has 0 bridgehead atoms. The van der Waals surface area contributed by atoms with Crippen LogP contribution in [-0.2, 0) is 14.3 Å². The van der Waals surface area contributed by atoms with Crippen molar-refractivity contribution in [3.63, 3.8) is 0 Å². The van der Waals surface area contributed by atoms with Crippen molar-refractivity contribution in [3.8, 4) is 0 Å². The van der Waals surface area contributed by atoms with E-state index in [4.69, 9.17) is 4.74 Å². The van der Waals surface area contributed by atoms with Crippen LogP contribution in [0.25, 0.3) is 5.76 Å². The van der Waals surface area contributed by atoms with Gasteiger partial charge in [-0.15, -0.1) is 11.3 Å². The molecule has 1 aliphatic rings. The third kappa shape index (κ3) is 3.66. The van der Waals surface area contributed by atoms with Gasteiger partial charge in [0, 0.05) is 10.4 Å². The number of thiophene rings is 1. The van der Waals surface area contributed by atoms with Gasteiger partial charge in [-0.3, -0.25) is 14.5 Å². The number of thiazole rings is 1. The van der Waals surface area contributed by atoms with Crippen LogP contribution < -0.4 is 4.90 Å². The number of rotatable bonds is 5. The summed E-state index contributed by atoms with van der Waals surface area (Å²) in [5, 5.41) is 13.0. The maximum atomic E-state index is 13.1. The third-order valence-electron chi connectivity index (χ3n) is 4.76. The van der Waals surface area contributed by atoms with Gasteiger partial charge in [0.25, 0.3) is 5.78 Å². The van der Waals surface area contributed by atoms with Gasteiger partial charge in [0.2, 0.25) is 0 Å². The number of amides is 1. The van der Waals surface area contributed by atoms with Crippen LogP contribution in [0.1, 0.15) is 38.8 Å². The molecule has 158 valence electrons. The smallest absolute Gasteiger partial charge is 0.350 e. The lowest BCUT2D eigenvalue weighted by Crippen LogP contribution is -2.29. The van der Waals surface area contributed by atoms with Crippen LogP contribution in [0.15, 0.2) is 53.4 Å². The van der Waals surface area contributed by atoms with Crippen LogP contribution in [0, 0.1) is 6.92 Å². The van der Waals surface area contributed by atoms with Crippen LogP contribution in [-0.4, -0.2) is 34.4 Å². The van der Waals surface area contributed by atoms with E-state index in [1.165, 1.54) is 16.2 Å². The summed E-state index contributed by atoms with van der Waals surface area (Å²) >= 11 is 2.35. The normalized spacial score (nSPS) is 17.9. The molecule has 0 radical (unpaired) electrons. The number of esters is 1. The average Bonchev–Trinajstić information content (AvgIpc) is 3.48. The maximum Gasteiger partial charge on any atom is 0.350 e. The number of hydrogen-bond acceptors (Lipinski definition) is 8. The summed E-state index contributed by atoms with van der Waals surface area (Å²) in [5.74, 6) is -2.39. The minimum atomic E-state index is -0.846. The van der Waals surface area contributed by atoms with Crippen LogP contribution in [0.4, 0.5) is 5.13 Å². The largest absolute Gasteiger partial charge is 0.507 e. The van der Waals surface area contributed by atoms with Crippen molar-refractivity contribution in [2.45, 2.75) is 19.9 Å². The van der Waals surface area contributed by atoms with E-state index in [0.717, 1.165) is 11.3 Å². The molecular formula is C22H18N2O5S2. The Balaban J connectivity index is 1.87. The van der Waals surface area contributed by atoms with Gasteiger partial charge in [-0.25, -0.2) is 9.78 Å². The van der Waals surface area contributed by atoms with Crippen molar-refractivity contribution >= 4 is 51.2 Å². The molecule has 2 aromatic heterocycles. The van der Waals surface area contributed by atoms with Gasteiger partial charge in [0.15, 0.2) is 5.13 Å². The highest BCUT2D eigenvalue weighted by Crippen LogP contribution is 2.45. The summed E-state index contributed by atoms with van der Waals surface area (Å²) in [7, 11) is 0. The molecule has 9 heteroatoms. The Kier molecular flexibility index (Phi) is 5.71. The van der Waals surface area contributed by atoms with E-state index in [0.29, 0.717) is 16.1 Å². The molecular weight excluding hydrogens is 436 g/mol. The second kappa shape index (κ2) is 8.44. The van der Waals surface area contributed by atoms with Gasteiger partial charge < -0.3 is 9.84 Å². The molecule has 1 aromatic carbocycles. The van der Waals surface area contributed by atoms with Crippen molar-refractivity contribution in [2.75, 3.05) is 11.5 Å². The lowest BCUT2D eigenvalue weighted by molar-refractivity contribution is -0.132. The van der Waals surface area contributed by atoms with E-state index in [9.17, 15) is 19.5 Å². The molecule has 0 spiro atoms. The van der Waals surface area contributed by atoms with Crippen LogP contribution in [0.2, 0.25) is 0 Å². The van der Waals surface area contributed by atoms with E-state index in [1.807, 2.05) is 5.38 Å². The molecule has 3 heterocycles. The summed E-state index contributed by atoms with van der Waals surface area (Å²) < 4.78 is 5.06. The van der Waals surface area contributed by atoms with Gasteiger partial charge in [0.1, 0.15) is 16.7 Å². The Morgan fingerprint density at radius 3 is 2.58 bits per heavy atom. The monoisotopic (exact) mass is 454 g/mol. The number of hydrogen-bond donors (Lipinski definition) is 1. The van der Waals surface area contributed by atoms with Gasteiger partial charge in [-0.05, 0) is 25.3 Å². The van der Waals surface area contributed by atoms with Crippen molar-refractivity contribution < 1.29 is 24.2 Å². The highest BCUT2D eigenvalue weighted by Gasteiger charge is 2.48. The van der Waals surface area contributed by atoms with Crippen LogP contribution >= 0.6 is 22.7 Å². The Morgan fingerprint density at radius 1 is 1.19 bits per heavy atom. The lowest BCUT2D eigenvalue weighted by atomic mass is 10.00. The standard InChI is InChI=1S/C22H18N2O5S2/c1-3-29-21(28)19-12(2)23-22(31-19)24-16(14-10-7-11-30-14)15(18(26)20(24)27)17(25)13-8-5-4-6-9-13/h4-11,16,25H,3H2,1-2H3/b17-15+/t16-/m0/s1. The topological polar surface area (TPSA) is 96.8 Å². The number of aliphatic hydroxyl groups is 1. The quantitative estimate of drug-likeness (QED) is 0.267. The molecule has 1 N–H and O–H groups in total. The van der Waals surface area contributed by atoms with Gasteiger partial charge in [-0.2, -0.15) is 0 Å². The maximum absolute atomic E-state index is 13.1. The van der Waals surface area contributed by atoms with Crippen LogP contribution in [0.5, 0.6) is 0 Å². The SMILES string of the molecule is CCOC(=O)c1sc(N2C(=O)C(=O)/C(=C(/O)c3ccccc3)[C@@H]2c2cccs2)nc1C. The summed E-state index contributed by atoms with van der Waals surface area (Å²) in [5.41, 5.74) is 0.835. The average molecular weight is 455 g/mol. The van der Waals surface area contributed by atoms with Crippen molar-refractivity contribution in [2.24, 2.45) is 0 Å². The predicted octanol–water partition coefficient (Wildman–Crippen LogP) is 4.32. The molecule has 0 saturated carbocycles. The molecule has 1 atom stereocenters. The number of nitrogens with zero attached hydrogens (tertiary/aromatic N) is 2. The number of ether oxygens (including phenoxy) is 1. The van der Waals surface area contributed by atoms with E-state index in [-0.39, 0.29) is 27.9 Å². The van der Waals surface area contributed by atoms with Crippen molar-refractivity contribution in [1.29, 1.82) is 0 Å². The second-order valence-corrected chi connectivity index (χ2v) is 8.64. The molecule has 1 amide bonds. The fraction of sp³-hybridized carbons (Fsp3) is 0.182. The van der Waals surface area contributed by atoms with E-state index < -0.39 is 23.7 Å². The Morgan fingerprint density at radius 2 is 1.94 bits per heavy atom. The summed E-state index contributed by atoms with van der Waals surface area (Å²) in [6.45, 7) is 3.56. The Labute approximate surface area is 186 Å². The lowest BCUT2D eigenvalue weighted by Gasteiger charge is -2.21. The Bertz CT molecular complexity index is 1180. The minimum Gasteiger partial charge on any atom is -0.507 e. The first-order valence-corrected chi connectivity index (χ1v) is 11.2. The van der Waals surface area contributed by atoms with Gasteiger partial charge in [0.05, 0.1) is 17.9 Å². The highest BCUT2D eigenvalue weighted by atomic mass is 32.1. The molecule has 0 aliphatic carbocycles. The van der Waals surface area contributed by atoms with Gasteiger partial charge in [-0.1, -0.05) is 47.7 Å². The van der Waals surface area contributed by atoms with Crippen molar-refractivity contribution in [3.05, 3.63) is 74.4 Å². The molecule has 3 aromatic rings. The van der Waals surface area contributed by atoms with E-state index in [1.54, 1.807) is 56.3 Å². The zero-order chi connectivity index (χ0) is 22.1. The van der Waals surface area contributed by atoms with E-state index in [2.05, 4.69) is 4.98 Å². The zero-order valence-electron chi connectivity index (χ0n) is 16.7. The zero-order valence-corrected chi connectivity index (χ0v) is 18.3.